The van der Waals surface area contributed by atoms with Crippen LogP contribution in [0.4, 0.5) is 5.69 Å². The van der Waals surface area contributed by atoms with Gasteiger partial charge in [0.1, 0.15) is 0 Å². The summed E-state index contributed by atoms with van der Waals surface area (Å²) in [5.41, 5.74) is 3.41. The van der Waals surface area contributed by atoms with Crippen LogP contribution in [0.2, 0.25) is 0 Å². The molecular formula is C22H28N2O2. The van der Waals surface area contributed by atoms with Gasteiger partial charge in [-0.2, -0.15) is 0 Å². The Morgan fingerprint density at radius 3 is 2.58 bits per heavy atom. The SMILES string of the molecule is CCOc1ccc(NC(=O)C2(c3cccc(C)c3)CCCCC2)c(C)n1. The summed E-state index contributed by atoms with van der Waals surface area (Å²) in [5.74, 6) is 0.672. The number of pyridine rings is 1. The number of amides is 1. The number of benzene rings is 1. The molecule has 1 heterocycles. The Kier molecular flexibility index (Phi) is 5.60. The van der Waals surface area contributed by atoms with Crippen molar-refractivity contribution in [3.8, 4) is 5.88 Å². The predicted octanol–water partition coefficient (Wildman–Crippen LogP) is 4.94. The van der Waals surface area contributed by atoms with Crippen LogP contribution < -0.4 is 10.1 Å². The molecule has 0 bridgehead atoms. The second-order valence-corrected chi connectivity index (χ2v) is 7.18. The summed E-state index contributed by atoms with van der Waals surface area (Å²) in [6, 6.07) is 12.1. The third kappa shape index (κ3) is 3.74. The first-order valence-electron chi connectivity index (χ1n) is 9.54. The number of hydrogen-bond donors (Lipinski definition) is 1. The Morgan fingerprint density at radius 1 is 1.15 bits per heavy atom. The molecule has 4 heteroatoms. The second kappa shape index (κ2) is 7.90. The Hall–Kier alpha value is -2.36. The van der Waals surface area contributed by atoms with Crippen molar-refractivity contribution in [3.63, 3.8) is 0 Å². The molecule has 1 aromatic heterocycles. The molecular weight excluding hydrogens is 324 g/mol. The van der Waals surface area contributed by atoms with Gasteiger partial charge in [-0.05, 0) is 45.2 Å². The number of nitrogens with one attached hydrogen (secondary N) is 1. The quantitative estimate of drug-likeness (QED) is 0.829. The minimum absolute atomic E-state index is 0.0804. The number of carbonyl (C=O) groups is 1. The molecule has 1 aliphatic carbocycles. The van der Waals surface area contributed by atoms with Crippen LogP contribution in [0.3, 0.4) is 0 Å². The second-order valence-electron chi connectivity index (χ2n) is 7.18. The highest BCUT2D eigenvalue weighted by atomic mass is 16.5. The van der Waals surface area contributed by atoms with Crippen LogP contribution in [0.25, 0.3) is 0 Å². The van der Waals surface area contributed by atoms with Crippen LogP contribution in [0.1, 0.15) is 55.8 Å². The maximum absolute atomic E-state index is 13.4. The van der Waals surface area contributed by atoms with E-state index < -0.39 is 5.41 Å². The molecule has 3 rings (SSSR count). The fourth-order valence-corrected chi connectivity index (χ4v) is 3.89. The van der Waals surface area contributed by atoms with Crippen molar-refractivity contribution in [3.05, 3.63) is 53.2 Å². The summed E-state index contributed by atoms with van der Waals surface area (Å²) >= 11 is 0. The van der Waals surface area contributed by atoms with Crippen LogP contribution in [0.15, 0.2) is 36.4 Å². The molecule has 1 aliphatic rings. The topological polar surface area (TPSA) is 51.2 Å². The van der Waals surface area contributed by atoms with Gasteiger partial charge < -0.3 is 10.1 Å². The van der Waals surface area contributed by atoms with E-state index in [4.69, 9.17) is 4.74 Å². The number of hydrogen-bond acceptors (Lipinski definition) is 3. The number of rotatable bonds is 5. The van der Waals surface area contributed by atoms with Gasteiger partial charge in [0.15, 0.2) is 0 Å². The molecule has 138 valence electrons. The van der Waals surface area contributed by atoms with Crippen molar-refractivity contribution >= 4 is 11.6 Å². The van der Waals surface area contributed by atoms with Gasteiger partial charge in [-0.1, -0.05) is 49.1 Å². The van der Waals surface area contributed by atoms with E-state index in [-0.39, 0.29) is 5.91 Å². The van der Waals surface area contributed by atoms with Crippen LogP contribution in [-0.4, -0.2) is 17.5 Å². The van der Waals surface area contributed by atoms with Crippen LogP contribution >= 0.6 is 0 Å². The summed E-state index contributed by atoms with van der Waals surface area (Å²) in [5, 5.41) is 3.15. The fraction of sp³-hybridized carbons (Fsp3) is 0.455. The standard InChI is InChI=1S/C22H28N2O2/c1-4-26-20-12-11-19(17(3)23-20)24-21(25)22(13-6-5-7-14-22)18-10-8-9-16(2)15-18/h8-12,15H,4-7,13-14H2,1-3H3,(H,24,25). The normalized spacial score (nSPS) is 16.1. The summed E-state index contributed by atoms with van der Waals surface area (Å²) in [7, 11) is 0. The Labute approximate surface area is 156 Å². The van der Waals surface area contributed by atoms with Crippen molar-refractivity contribution in [1.29, 1.82) is 0 Å². The number of anilines is 1. The first kappa shape index (κ1) is 18.4. The zero-order chi connectivity index (χ0) is 18.6. The van der Waals surface area contributed by atoms with Crippen molar-refractivity contribution in [2.24, 2.45) is 0 Å². The van der Waals surface area contributed by atoms with E-state index in [2.05, 4.69) is 41.5 Å². The van der Waals surface area contributed by atoms with Crippen LogP contribution in [0, 0.1) is 13.8 Å². The molecule has 2 aromatic rings. The summed E-state index contributed by atoms with van der Waals surface area (Å²) in [4.78, 5) is 17.8. The van der Waals surface area contributed by atoms with E-state index in [9.17, 15) is 4.79 Å². The molecule has 0 atom stereocenters. The summed E-state index contributed by atoms with van der Waals surface area (Å²) in [6.07, 6.45) is 5.16. The minimum atomic E-state index is -0.449. The third-order valence-electron chi connectivity index (χ3n) is 5.31. The fourth-order valence-electron chi connectivity index (χ4n) is 3.89. The highest BCUT2D eigenvalue weighted by Crippen LogP contribution is 2.41. The number of ether oxygens (including phenoxy) is 1. The maximum Gasteiger partial charge on any atom is 0.235 e. The predicted molar refractivity (Wildman–Crippen MR) is 105 cm³/mol. The van der Waals surface area contributed by atoms with Gasteiger partial charge in [-0.25, -0.2) is 4.98 Å². The Bertz CT molecular complexity index is 779. The lowest BCUT2D eigenvalue weighted by Crippen LogP contribution is -2.42. The monoisotopic (exact) mass is 352 g/mol. The van der Waals surface area contributed by atoms with Gasteiger partial charge in [0.05, 0.1) is 23.4 Å². The van der Waals surface area contributed by atoms with Crippen molar-refractivity contribution in [2.75, 3.05) is 11.9 Å². The molecule has 1 aromatic carbocycles. The van der Waals surface area contributed by atoms with Gasteiger partial charge in [0, 0.05) is 6.07 Å². The van der Waals surface area contributed by atoms with Gasteiger partial charge in [0.2, 0.25) is 11.8 Å². The zero-order valence-corrected chi connectivity index (χ0v) is 16.0. The minimum Gasteiger partial charge on any atom is -0.478 e. The molecule has 0 unspecified atom stereocenters. The number of aryl methyl sites for hydroxylation is 2. The lowest BCUT2D eigenvalue weighted by molar-refractivity contribution is -0.122. The highest BCUT2D eigenvalue weighted by Gasteiger charge is 2.41. The lowest BCUT2D eigenvalue weighted by Gasteiger charge is -2.36. The smallest absolute Gasteiger partial charge is 0.235 e. The molecule has 1 fully saturated rings. The van der Waals surface area contributed by atoms with Gasteiger partial charge >= 0.3 is 0 Å². The van der Waals surface area contributed by atoms with Crippen LogP contribution in [-0.2, 0) is 10.2 Å². The van der Waals surface area contributed by atoms with Gasteiger partial charge in [-0.15, -0.1) is 0 Å². The maximum atomic E-state index is 13.4. The van der Waals surface area contributed by atoms with E-state index >= 15 is 0 Å². The molecule has 0 radical (unpaired) electrons. The average Bonchev–Trinajstić information content (AvgIpc) is 2.64. The molecule has 1 saturated carbocycles. The van der Waals surface area contributed by atoms with E-state index in [0.29, 0.717) is 12.5 Å². The molecule has 0 aliphatic heterocycles. The summed E-state index contributed by atoms with van der Waals surface area (Å²) in [6.45, 7) is 6.49. The molecule has 1 amide bonds. The van der Waals surface area contributed by atoms with Crippen molar-refractivity contribution < 1.29 is 9.53 Å². The van der Waals surface area contributed by atoms with E-state index in [1.165, 1.54) is 12.0 Å². The van der Waals surface area contributed by atoms with E-state index in [0.717, 1.165) is 42.6 Å². The molecule has 0 saturated heterocycles. The van der Waals surface area contributed by atoms with Crippen LogP contribution in [0.5, 0.6) is 5.88 Å². The highest BCUT2D eigenvalue weighted by molar-refractivity contribution is 5.99. The molecule has 4 nitrogen and oxygen atoms in total. The first-order chi connectivity index (χ1) is 12.5. The number of nitrogens with zero attached hydrogens (tertiary/aromatic N) is 1. The lowest BCUT2D eigenvalue weighted by atomic mass is 9.68. The summed E-state index contributed by atoms with van der Waals surface area (Å²) < 4.78 is 5.44. The molecule has 1 N–H and O–H groups in total. The third-order valence-corrected chi connectivity index (χ3v) is 5.31. The zero-order valence-electron chi connectivity index (χ0n) is 16.0. The van der Waals surface area contributed by atoms with E-state index in [1.54, 1.807) is 0 Å². The van der Waals surface area contributed by atoms with Gasteiger partial charge in [0.25, 0.3) is 0 Å². The molecule has 26 heavy (non-hydrogen) atoms. The largest absolute Gasteiger partial charge is 0.478 e. The van der Waals surface area contributed by atoms with Crippen molar-refractivity contribution in [1.82, 2.24) is 4.98 Å². The van der Waals surface area contributed by atoms with Gasteiger partial charge in [-0.3, -0.25) is 4.79 Å². The Morgan fingerprint density at radius 2 is 1.92 bits per heavy atom. The number of aromatic nitrogens is 1. The average molecular weight is 352 g/mol. The van der Waals surface area contributed by atoms with E-state index in [1.807, 2.05) is 26.0 Å². The van der Waals surface area contributed by atoms with Crippen molar-refractivity contribution in [2.45, 2.75) is 58.3 Å². The molecule has 0 spiro atoms. The first-order valence-corrected chi connectivity index (χ1v) is 9.54. The number of carbonyl (C=O) groups excluding carboxylic acids is 1. The Balaban J connectivity index is 1.89.